The molecular weight excluding hydrogens is 262 g/mol. The predicted molar refractivity (Wildman–Crippen MR) is 85.4 cm³/mol. The molecule has 1 aromatic heterocycles. The summed E-state index contributed by atoms with van der Waals surface area (Å²) in [5.41, 5.74) is 1.17. The molecule has 0 aliphatic rings. The van der Waals surface area contributed by atoms with E-state index in [-0.39, 0.29) is 0 Å². The van der Waals surface area contributed by atoms with Crippen LogP contribution in [0.5, 0.6) is 0 Å². The van der Waals surface area contributed by atoms with E-state index in [1.54, 1.807) is 6.20 Å². The van der Waals surface area contributed by atoms with Crippen LogP contribution in [0.25, 0.3) is 0 Å². The van der Waals surface area contributed by atoms with Gasteiger partial charge in [-0.2, -0.15) is 11.8 Å². The number of hydrogen-bond acceptors (Lipinski definition) is 3. The molecule has 1 heterocycles. The summed E-state index contributed by atoms with van der Waals surface area (Å²) < 4.78 is 0.300. The lowest BCUT2D eigenvalue weighted by molar-refractivity contribution is 0.800. The lowest BCUT2D eigenvalue weighted by atomic mass is 10.3. The number of thioether (sulfide) groups is 1. The van der Waals surface area contributed by atoms with Gasteiger partial charge in [0.2, 0.25) is 0 Å². The third-order valence-electron chi connectivity index (χ3n) is 2.08. The minimum absolute atomic E-state index is 0.300. The lowest BCUT2D eigenvalue weighted by Crippen LogP contribution is -2.31. The number of nitrogens with one attached hydrogen (secondary N) is 2. The monoisotopic (exact) mass is 283 g/mol. The van der Waals surface area contributed by atoms with Crippen molar-refractivity contribution in [3.8, 4) is 0 Å². The first-order chi connectivity index (χ1) is 8.37. The molecule has 3 nitrogen and oxygen atoms in total. The normalized spacial score (nSPS) is 11.1. The standard InChI is InChI=1S/C13H21N3S2/c1-10-5-6-14-11(9-10)16-12(17)15-7-8-18-13(2,3)4/h5-6,9H,7-8H2,1-4H3,(H2,14,15,16,17). The Labute approximate surface area is 119 Å². The Balaban J connectivity index is 2.26. The average Bonchev–Trinajstić information content (AvgIpc) is 2.23. The van der Waals surface area contributed by atoms with Gasteiger partial charge in [0.15, 0.2) is 5.11 Å². The summed E-state index contributed by atoms with van der Waals surface area (Å²) in [5, 5.41) is 6.89. The van der Waals surface area contributed by atoms with E-state index in [1.165, 1.54) is 5.56 Å². The van der Waals surface area contributed by atoms with Gasteiger partial charge in [0.05, 0.1) is 0 Å². The van der Waals surface area contributed by atoms with Gasteiger partial charge in [0.25, 0.3) is 0 Å². The summed E-state index contributed by atoms with van der Waals surface area (Å²) in [6.45, 7) is 9.53. The number of pyridine rings is 1. The predicted octanol–water partition coefficient (Wildman–Crippen LogP) is 3.21. The molecule has 0 aliphatic heterocycles. The molecule has 0 fully saturated rings. The summed E-state index contributed by atoms with van der Waals surface area (Å²) in [4.78, 5) is 4.20. The molecule has 0 radical (unpaired) electrons. The molecule has 0 bridgehead atoms. The van der Waals surface area contributed by atoms with Gasteiger partial charge < -0.3 is 10.6 Å². The van der Waals surface area contributed by atoms with Gasteiger partial charge in [-0.25, -0.2) is 4.98 Å². The maximum atomic E-state index is 5.21. The van der Waals surface area contributed by atoms with Gasteiger partial charge >= 0.3 is 0 Å². The highest BCUT2D eigenvalue weighted by atomic mass is 32.2. The Morgan fingerprint density at radius 2 is 2.17 bits per heavy atom. The van der Waals surface area contributed by atoms with E-state index in [4.69, 9.17) is 12.2 Å². The molecule has 0 aliphatic carbocycles. The Hall–Kier alpha value is -0.810. The van der Waals surface area contributed by atoms with Crippen molar-refractivity contribution >= 4 is 34.9 Å². The second-order valence-electron chi connectivity index (χ2n) is 5.06. The van der Waals surface area contributed by atoms with Crippen molar-refractivity contribution in [2.24, 2.45) is 0 Å². The zero-order chi connectivity index (χ0) is 13.6. The molecule has 0 saturated carbocycles. The summed E-state index contributed by atoms with van der Waals surface area (Å²) in [5.74, 6) is 1.82. The molecule has 5 heteroatoms. The summed E-state index contributed by atoms with van der Waals surface area (Å²) in [6, 6.07) is 3.93. The van der Waals surface area contributed by atoms with E-state index in [2.05, 4.69) is 36.4 Å². The molecule has 0 spiro atoms. The van der Waals surface area contributed by atoms with Crippen LogP contribution in [-0.4, -0.2) is 27.1 Å². The summed E-state index contributed by atoms with van der Waals surface area (Å²) >= 11 is 7.13. The zero-order valence-electron chi connectivity index (χ0n) is 11.4. The van der Waals surface area contributed by atoms with Crippen molar-refractivity contribution in [3.05, 3.63) is 23.9 Å². The van der Waals surface area contributed by atoms with E-state index in [9.17, 15) is 0 Å². The fourth-order valence-corrected chi connectivity index (χ4v) is 2.31. The minimum Gasteiger partial charge on any atom is -0.362 e. The van der Waals surface area contributed by atoms with Crippen molar-refractivity contribution in [3.63, 3.8) is 0 Å². The Morgan fingerprint density at radius 1 is 1.44 bits per heavy atom. The molecule has 0 aromatic carbocycles. The van der Waals surface area contributed by atoms with Crippen LogP contribution in [0.3, 0.4) is 0 Å². The molecule has 0 atom stereocenters. The maximum Gasteiger partial charge on any atom is 0.171 e. The van der Waals surface area contributed by atoms with Crippen molar-refractivity contribution in [2.45, 2.75) is 32.4 Å². The molecule has 0 saturated heterocycles. The Kier molecular flexibility index (Phi) is 5.88. The van der Waals surface area contributed by atoms with Gasteiger partial charge in [-0.1, -0.05) is 20.8 Å². The molecular formula is C13H21N3S2. The smallest absolute Gasteiger partial charge is 0.171 e. The fourth-order valence-electron chi connectivity index (χ4n) is 1.29. The average molecular weight is 283 g/mol. The Bertz CT molecular complexity index is 399. The van der Waals surface area contributed by atoms with Crippen molar-refractivity contribution in [2.75, 3.05) is 17.6 Å². The van der Waals surface area contributed by atoms with E-state index in [0.717, 1.165) is 18.1 Å². The highest BCUT2D eigenvalue weighted by Crippen LogP contribution is 2.21. The lowest BCUT2D eigenvalue weighted by Gasteiger charge is -2.18. The van der Waals surface area contributed by atoms with Crippen molar-refractivity contribution < 1.29 is 0 Å². The van der Waals surface area contributed by atoms with E-state index in [1.807, 2.05) is 30.8 Å². The number of rotatable bonds is 4. The van der Waals surface area contributed by atoms with Gasteiger partial charge in [-0.05, 0) is 36.8 Å². The number of aromatic nitrogens is 1. The van der Waals surface area contributed by atoms with E-state index < -0.39 is 0 Å². The van der Waals surface area contributed by atoms with Gasteiger partial charge in [0, 0.05) is 23.2 Å². The first kappa shape index (κ1) is 15.2. The third kappa shape index (κ3) is 6.81. The highest BCUT2D eigenvalue weighted by Gasteiger charge is 2.09. The van der Waals surface area contributed by atoms with E-state index >= 15 is 0 Å². The SMILES string of the molecule is Cc1ccnc(NC(=S)NCCSC(C)(C)C)c1. The molecule has 0 unspecified atom stereocenters. The molecule has 1 aromatic rings. The van der Waals surface area contributed by atoms with Crippen LogP contribution < -0.4 is 10.6 Å². The molecule has 1 rings (SSSR count). The fraction of sp³-hybridized carbons (Fsp3) is 0.538. The van der Waals surface area contributed by atoms with Crippen LogP contribution in [0.4, 0.5) is 5.82 Å². The van der Waals surface area contributed by atoms with Crippen LogP contribution in [0, 0.1) is 6.92 Å². The van der Waals surface area contributed by atoms with Gasteiger partial charge in [0.1, 0.15) is 5.82 Å². The second kappa shape index (κ2) is 6.95. The quantitative estimate of drug-likeness (QED) is 0.655. The molecule has 0 amide bonds. The van der Waals surface area contributed by atoms with E-state index in [0.29, 0.717) is 9.86 Å². The first-order valence-corrected chi connectivity index (χ1v) is 7.38. The minimum atomic E-state index is 0.300. The molecule has 18 heavy (non-hydrogen) atoms. The summed E-state index contributed by atoms with van der Waals surface area (Å²) in [6.07, 6.45) is 1.77. The number of aryl methyl sites for hydroxylation is 1. The van der Waals surface area contributed by atoms with Gasteiger partial charge in [-0.3, -0.25) is 0 Å². The molecule has 2 N–H and O–H groups in total. The number of anilines is 1. The van der Waals surface area contributed by atoms with Crippen LogP contribution in [0.1, 0.15) is 26.3 Å². The van der Waals surface area contributed by atoms with Crippen LogP contribution in [-0.2, 0) is 0 Å². The topological polar surface area (TPSA) is 37.0 Å². The number of nitrogens with zero attached hydrogens (tertiary/aromatic N) is 1. The number of hydrogen-bond donors (Lipinski definition) is 2. The van der Waals surface area contributed by atoms with Crippen LogP contribution in [0.15, 0.2) is 18.3 Å². The molecule has 100 valence electrons. The summed E-state index contributed by atoms with van der Waals surface area (Å²) in [7, 11) is 0. The second-order valence-corrected chi connectivity index (χ2v) is 7.39. The van der Waals surface area contributed by atoms with Crippen molar-refractivity contribution in [1.29, 1.82) is 0 Å². The maximum absolute atomic E-state index is 5.21. The van der Waals surface area contributed by atoms with Crippen LogP contribution >= 0.6 is 24.0 Å². The van der Waals surface area contributed by atoms with Crippen molar-refractivity contribution in [1.82, 2.24) is 10.3 Å². The largest absolute Gasteiger partial charge is 0.362 e. The zero-order valence-corrected chi connectivity index (χ0v) is 13.0. The van der Waals surface area contributed by atoms with Crippen LogP contribution in [0.2, 0.25) is 0 Å². The van der Waals surface area contributed by atoms with Gasteiger partial charge in [-0.15, -0.1) is 0 Å². The number of thiocarbonyl (C=S) groups is 1. The Morgan fingerprint density at radius 3 is 2.78 bits per heavy atom. The highest BCUT2D eigenvalue weighted by molar-refractivity contribution is 8.00. The third-order valence-corrected chi connectivity index (χ3v) is 3.60. The first-order valence-electron chi connectivity index (χ1n) is 5.98.